The molecule has 10 nitrogen and oxygen atoms in total. The summed E-state index contributed by atoms with van der Waals surface area (Å²) in [6.45, 7) is 0. The Morgan fingerprint density at radius 2 is 2.07 bits per heavy atom. The van der Waals surface area contributed by atoms with Crippen LogP contribution in [0, 0.1) is 11.3 Å². The van der Waals surface area contributed by atoms with Gasteiger partial charge in [0.1, 0.15) is 6.07 Å². The van der Waals surface area contributed by atoms with E-state index in [9.17, 15) is 14.9 Å². The van der Waals surface area contributed by atoms with E-state index in [1.165, 1.54) is 0 Å². The maximum Gasteiger partial charge on any atom is 0.254 e. The second-order valence-electron chi connectivity index (χ2n) is 7.13. The number of benzene rings is 1. The summed E-state index contributed by atoms with van der Waals surface area (Å²) in [5.74, 6) is 0.0615. The van der Waals surface area contributed by atoms with Crippen LogP contribution >= 0.6 is 0 Å². The number of nitrogens with one attached hydrogen (secondary N) is 3. The van der Waals surface area contributed by atoms with Gasteiger partial charge in [-0.05, 0) is 31.1 Å². The van der Waals surface area contributed by atoms with Gasteiger partial charge in [-0.2, -0.15) is 24.8 Å². The molecule has 0 spiro atoms. The average molecular weight is 400 g/mol. The molecule has 3 N–H and O–H groups in total. The van der Waals surface area contributed by atoms with Crippen LogP contribution in [0.3, 0.4) is 0 Å². The third-order valence-corrected chi connectivity index (χ3v) is 4.83. The van der Waals surface area contributed by atoms with Gasteiger partial charge < -0.3 is 10.6 Å². The number of para-hydroxylation sites is 1. The summed E-state index contributed by atoms with van der Waals surface area (Å²) in [5, 5.41) is 22.4. The summed E-state index contributed by atoms with van der Waals surface area (Å²) in [6, 6.07) is 9.53. The second kappa shape index (κ2) is 6.97. The van der Waals surface area contributed by atoms with Gasteiger partial charge in [-0.25, -0.2) is 0 Å². The van der Waals surface area contributed by atoms with Crippen molar-refractivity contribution in [1.29, 1.82) is 5.26 Å². The molecule has 2 amide bonds. The van der Waals surface area contributed by atoms with Crippen molar-refractivity contribution in [2.45, 2.75) is 25.3 Å². The lowest BCUT2D eigenvalue weighted by Gasteiger charge is -2.11. The summed E-state index contributed by atoms with van der Waals surface area (Å²) in [4.78, 5) is 32.5. The molecule has 2 aliphatic rings. The molecule has 0 bridgehead atoms. The minimum Gasteiger partial charge on any atom is -0.351 e. The molecule has 0 radical (unpaired) electrons. The minimum absolute atomic E-state index is 0.0229. The molecule has 0 unspecified atom stereocenters. The van der Waals surface area contributed by atoms with Gasteiger partial charge in [0.25, 0.3) is 5.91 Å². The first-order chi connectivity index (χ1) is 14.6. The van der Waals surface area contributed by atoms with Crippen LogP contribution in [0.15, 0.2) is 36.0 Å². The van der Waals surface area contributed by atoms with Gasteiger partial charge in [-0.15, -0.1) is 0 Å². The predicted molar refractivity (Wildman–Crippen MR) is 108 cm³/mol. The fourth-order valence-electron chi connectivity index (χ4n) is 3.17. The Balaban J connectivity index is 1.59. The molecule has 1 aromatic carbocycles. The third kappa shape index (κ3) is 3.33. The van der Waals surface area contributed by atoms with E-state index >= 15 is 0 Å². The lowest BCUT2D eigenvalue weighted by Crippen LogP contribution is -2.19. The molecule has 10 heteroatoms. The lowest BCUT2D eigenvalue weighted by atomic mass is 10.1. The Morgan fingerprint density at radius 1 is 1.23 bits per heavy atom. The highest BCUT2D eigenvalue weighted by molar-refractivity contribution is 6.15. The highest BCUT2D eigenvalue weighted by Crippen LogP contribution is 2.27. The standard InChI is InChI=1S/C20H16N8O2/c21-9-11-3-1-2-4-15(11)24-19-26-17-13(7-12-8-16(29)25-18(12)30)10-22-28(17)20(27-19)23-14-5-6-14/h1-4,7,10,14H,5-6,8H2,(H,25,29,30)(H2,23,24,26,27)/b12-7+. The maximum absolute atomic E-state index is 11.9. The number of hydrogen-bond donors (Lipinski definition) is 3. The van der Waals surface area contributed by atoms with Crippen LogP contribution < -0.4 is 16.0 Å². The largest absolute Gasteiger partial charge is 0.351 e. The first-order valence-electron chi connectivity index (χ1n) is 9.44. The van der Waals surface area contributed by atoms with Gasteiger partial charge in [-0.1, -0.05) is 12.1 Å². The van der Waals surface area contributed by atoms with Gasteiger partial charge in [0.05, 0.1) is 23.9 Å². The molecule has 1 aliphatic carbocycles. The number of amides is 2. The van der Waals surface area contributed by atoms with Crippen molar-refractivity contribution < 1.29 is 9.59 Å². The fraction of sp³-hybridized carbons (Fsp3) is 0.200. The van der Waals surface area contributed by atoms with E-state index in [1.54, 1.807) is 35.0 Å². The van der Waals surface area contributed by atoms with Crippen LogP contribution in [0.1, 0.15) is 30.4 Å². The summed E-state index contributed by atoms with van der Waals surface area (Å²) in [6.07, 6.45) is 5.31. The number of anilines is 3. The van der Waals surface area contributed by atoms with E-state index in [1.807, 2.05) is 6.07 Å². The van der Waals surface area contributed by atoms with E-state index in [-0.39, 0.29) is 12.3 Å². The van der Waals surface area contributed by atoms with Crippen molar-refractivity contribution in [1.82, 2.24) is 24.9 Å². The van der Waals surface area contributed by atoms with Crippen molar-refractivity contribution in [3.05, 3.63) is 47.2 Å². The summed E-state index contributed by atoms with van der Waals surface area (Å²) < 4.78 is 1.57. The van der Waals surface area contributed by atoms with Crippen LogP contribution in [-0.2, 0) is 9.59 Å². The summed E-state index contributed by atoms with van der Waals surface area (Å²) in [7, 11) is 0. The Morgan fingerprint density at radius 3 is 2.80 bits per heavy atom. The van der Waals surface area contributed by atoms with Crippen molar-refractivity contribution >= 4 is 41.1 Å². The topological polar surface area (TPSA) is 137 Å². The number of nitrogens with zero attached hydrogens (tertiary/aromatic N) is 5. The molecule has 0 atom stereocenters. The number of rotatable bonds is 5. The zero-order valence-electron chi connectivity index (χ0n) is 15.7. The highest BCUT2D eigenvalue weighted by Gasteiger charge is 2.26. The van der Waals surface area contributed by atoms with Crippen LogP contribution in [-0.4, -0.2) is 37.4 Å². The first kappa shape index (κ1) is 17.8. The average Bonchev–Trinajstić information content (AvgIpc) is 3.37. The van der Waals surface area contributed by atoms with Gasteiger partial charge in [0.2, 0.25) is 17.8 Å². The molecule has 1 aliphatic heterocycles. The summed E-state index contributed by atoms with van der Waals surface area (Å²) in [5.41, 5.74) is 2.48. The van der Waals surface area contributed by atoms with Crippen molar-refractivity contribution in [2.24, 2.45) is 0 Å². The molecule has 2 fully saturated rings. The van der Waals surface area contributed by atoms with Gasteiger partial charge in [-0.3, -0.25) is 14.9 Å². The van der Waals surface area contributed by atoms with Gasteiger partial charge in [0.15, 0.2) is 5.65 Å². The van der Waals surface area contributed by atoms with E-state index in [2.05, 4.69) is 37.1 Å². The second-order valence-corrected chi connectivity index (χ2v) is 7.13. The number of carbonyl (C=O) groups excluding carboxylic acids is 2. The maximum atomic E-state index is 11.9. The van der Waals surface area contributed by atoms with Crippen LogP contribution in [0.2, 0.25) is 0 Å². The number of carbonyl (C=O) groups is 2. The predicted octanol–water partition coefficient (Wildman–Crippen LogP) is 1.74. The Hall–Kier alpha value is -4.26. The number of fused-ring (bicyclic) bond motifs is 1. The monoisotopic (exact) mass is 400 g/mol. The molecule has 1 saturated carbocycles. The Labute approximate surface area is 170 Å². The number of aromatic nitrogens is 4. The van der Waals surface area contributed by atoms with Crippen LogP contribution in [0.5, 0.6) is 0 Å². The van der Waals surface area contributed by atoms with Crippen molar-refractivity contribution in [3.8, 4) is 6.07 Å². The molecule has 30 heavy (non-hydrogen) atoms. The SMILES string of the molecule is N#Cc1ccccc1Nc1nc(NC2CC2)n2ncc(/C=C3\CC(=O)NC3=O)c2n1. The molecule has 148 valence electrons. The fourth-order valence-corrected chi connectivity index (χ4v) is 3.17. The zero-order valence-corrected chi connectivity index (χ0v) is 15.7. The first-order valence-corrected chi connectivity index (χ1v) is 9.44. The van der Waals surface area contributed by atoms with Gasteiger partial charge >= 0.3 is 0 Å². The Bertz CT molecular complexity index is 1270. The van der Waals surface area contributed by atoms with Gasteiger partial charge in [0, 0.05) is 17.2 Å². The number of nitriles is 1. The molecular weight excluding hydrogens is 384 g/mol. The third-order valence-electron chi connectivity index (χ3n) is 4.83. The normalized spacial score (nSPS) is 17.2. The van der Waals surface area contributed by atoms with E-state index in [0.29, 0.717) is 46.0 Å². The lowest BCUT2D eigenvalue weighted by molar-refractivity contribution is -0.124. The molecule has 1 saturated heterocycles. The van der Waals surface area contributed by atoms with Crippen LogP contribution in [0.4, 0.5) is 17.6 Å². The smallest absolute Gasteiger partial charge is 0.254 e. The summed E-state index contributed by atoms with van der Waals surface area (Å²) >= 11 is 0. The molecule has 3 heterocycles. The van der Waals surface area contributed by atoms with Crippen molar-refractivity contribution in [3.63, 3.8) is 0 Å². The molecule has 5 rings (SSSR count). The van der Waals surface area contributed by atoms with E-state index in [0.717, 1.165) is 12.8 Å². The minimum atomic E-state index is -0.411. The Kier molecular flexibility index (Phi) is 4.14. The number of hydrogen-bond acceptors (Lipinski definition) is 8. The molecule has 2 aromatic heterocycles. The molecular formula is C20H16N8O2. The number of imide groups is 1. The zero-order chi connectivity index (χ0) is 20.7. The molecule has 3 aromatic rings. The van der Waals surface area contributed by atoms with E-state index in [4.69, 9.17) is 0 Å². The van der Waals surface area contributed by atoms with Crippen LogP contribution in [0.25, 0.3) is 11.7 Å². The van der Waals surface area contributed by atoms with Crippen molar-refractivity contribution in [2.75, 3.05) is 10.6 Å². The van der Waals surface area contributed by atoms with E-state index < -0.39 is 5.91 Å². The highest BCUT2D eigenvalue weighted by atomic mass is 16.2. The quantitative estimate of drug-likeness (QED) is 0.435.